The van der Waals surface area contributed by atoms with E-state index in [1.165, 1.54) is 0 Å². The Hall–Kier alpha value is -4.32. The molecule has 30 heavy (non-hydrogen) atoms. The zero-order valence-corrected chi connectivity index (χ0v) is 16.5. The van der Waals surface area contributed by atoms with Crippen LogP contribution in [-0.4, -0.2) is 32.5 Å². The second kappa shape index (κ2) is 18.1. The third kappa shape index (κ3) is 13.8. The molecule has 6 nitrogen and oxygen atoms in total. The highest BCUT2D eigenvalue weighted by Crippen LogP contribution is 1.99. The number of hydrogen-bond acceptors (Lipinski definition) is 2. The van der Waals surface area contributed by atoms with Crippen molar-refractivity contribution in [2.24, 2.45) is 0 Å². The number of carbonyl (C=O) groups is 2. The summed E-state index contributed by atoms with van der Waals surface area (Å²) >= 11 is 0. The van der Waals surface area contributed by atoms with Gasteiger partial charge in [0.1, 0.15) is 12.6 Å². The van der Waals surface area contributed by atoms with Gasteiger partial charge in [-0.3, -0.25) is 9.59 Å². The molecule has 0 aliphatic carbocycles. The van der Waals surface area contributed by atoms with E-state index in [0.29, 0.717) is 23.7 Å². The summed E-state index contributed by atoms with van der Waals surface area (Å²) in [5.41, 5.74) is 1.06. The van der Waals surface area contributed by atoms with Gasteiger partial charge < -0.3 is 19.9 Å². The molecule has 4 aromatic heterocycles. The van der Waals surface area contributed by atoms with Crippen molar-refractivity contribution in [3.63, 3.8) is 0 Å². The van der Waals surface area contributed by atoms with Gasteiger partial charge in [-0.05, 0) is 54.6 Å². The second-order valence-corrected chi connectivity index (χ2v) is 5.45. The van der Waals surface area contributed by atoms with Crippen molar-refractivity contribution in [2.45, 2.75) is 0 Å². The standard InChI is InChI=1S/C8H6O2.4C4H5N/c9-5-7-2-1-3-8(4-7)6-10;4*1-2-4-5-3-1/h1-6H;4*1-5H. The maximum atomic E-state index is 10.2. The number of aldehydes is 2. The van der Waals surface area contributed by atoms with E-state index in [1.807, 2.05) is 98.1 Å². The third-order valence-electron chi connectivity index (χ3n) is 3.17. The molecule has 0 fully saturated rings. The molecule has 0 unspecified atom stereocenters. The molecule has 5 rings (SSSR count). The molecule has 6 heteroatoms. The van der Waals surface area contributed by atoms with E-state index in [9.17, 15) is 9.59 Å². The van der Waals surface area contributed by atoms with Gasteiger partial charge in [-0.15, -0.1) is 0 Å². The molecule has 0 bridgehead atoms. The van der Waals surface area contributed by atoms with Crippen LogP contribution < -0.4 is 0 Å². The molecule has 0 aliphatic rings. The van der Waals surface area contributed by atoms with Gasteiger partial charge in [-0.2, -0.15) is 0 Å². The highest BCUT2D eigenvalue weighted by atomic mass is 16.1. The molecule has 0 aliphatic heterocycles. The first-order valence-corrected chi connectivity index (χ1v) is 9.18. The lowest BCUT2D eigenvalue weighted by Gasteiger charge is -1.89. The molecule has 5 aromatic rings. The van der Waals surface area contributed by atoms with Gasteiger partial charge in [-0.25, -0.2) is 0 Å². The van der Waals surface area contributed by atoms with Gasteiger partial charge >= 0.3 is 0 Å². The molecule has 0 saturated heterocycles. The number of rotatable bonds is 2. The Balaban J connectivity index is 0.000000195. The Bertz CT molecular complexity index is 730. The minimum absolute atomic E-state index is 0.532. The van der Waals surface area contributed by atoms with E-state index in [4.69, 9.17) is 0 Å². The average Bonchev–Trinajstić information content (AvgIpc) is 3.64. The highest BCUT2D eigenvalue weighted by molar-refractivity contribution is 5.81. The Morgan fingerprint density at radius 3 is 0.867 bits per heavy atom. The van der Waals surface area contributed by atoms with Crippen LogP contribution in [0.2, 0.25) is 0 Å². The normalized spacial score (nSPS) is 8.27. The number of H-pyrrole nitrogens is 4. The molecule has 0 amide bonds. The smallest absolute Gasteiger partial charge is 0.150 e. The van der Waals surface area contributed by atoms with Crippen molar-refractivity contribution in [3.05, 3.63) is 133 Å². The van der Waals surface area contributed by atoms with Crippen molar-refractivity contribution in [3.8, 4) is 0 Å². The first-order valence-electron chi connectivity index (χ1n) is 9.18. The minimum atomic E-state index is 0.532. The number of hydrogen-bond donors (Lipinski definition) is 4. The summed E-state index contributed by atoms with van der Waals surface area (Å²) in [4.78, 5) is 31.8. The summed E-state index contributed by atoms with van der Waals surface area (Å²) in [5.74, 6) is 0. The van der Waals surface area contributed by atoms with E-state index >= 15 is 0 Å². The molecule has 1 aromatic carbocycles. The van der Waals surface area contributed by atoms with Gasteiger partial charge in [0.25, 0.3) is 0 Å². The number of aromatic nitrogens is 4. The Morgan fingerprint density at radius 2 is 0.700 bits per heavy atom. The Kier molecular flexibility index (Phi) is 14.3. The van der Waals surface area contributed by atoms with Gasteiger partial charge in [0, 0.05) is 60.7 Å². The van der Waals surface area contributed by atoms with E-state index in [-0.39, 0.29) is 0 Å². The maximum Gasteiger partial charge on any atom is 0.150 e. The molecule has 0 saturated carbocycles. The number of benzene rings is 1. The first kappa shape index (κ1) is 23.7. The fourth-order valence-corrected chi connectivity index (χ4v) is 1.82. The van der Waals surface area contributed by atoms with E-state index in [1.54, 1.807) is 24.3 Å². The van der Waals surface area contributed by atoms with Crippen molar-refractivity contribution < 1.29 is 9.59 Å². The molecule has 0 radical (unpaired) electrons. The summed E-state index contributed by atoms with van der Waals surface area (Å²) in [6, 6.07) is 22.1. The lowest BCUT2D eigenvalue weighted by Crippen LogP contribution is -1.82. The van der Waals surface area contributed by atoms with Crippen LogP contribution in [0.5, 0.6) is 0 Å². The van der Waals surface area contributed by atoms with Crippen LogP contribution in [0.15, 0.2) is 122 Å². The maximum absolute atomic E-state index is 10.2. The summed E-state index contributed by atoms with van der Waals surface area (Å²) in [7, 11) is 0. The van der Waals surface area contributed by atoms with Crippen LogP contribution in [0.3, 0.4) is 0 Å². The molecule has 4 heterocycles. The fourth-order valence-electron chi connectivity index (χ4n) is 1.82. The van der Waals surface area contributed by atoms with Crippen LogP contribution in [0.1, 0.15) is 20.7 Å². The van der Waals surface area contributed by atoms with Gasteiger partial charge in [0.2, 0.25) is 0 Å². The predicted molar refractivity (Wildman–Crippen MR) is 120 cm³/mol. The molecule has 0 spiro atoms. The van der Waals surface area contributed by atoms with Crippen molar-refractivity contribution in [1.29, 1.82) is 0 Å². The largest absolute Gasteiger partial charge is 0.368 e. The van der Waals surface area contributed by atoms with Crippen LogP contribution in [0.4, 0.5) is 0 Å². The number of aromatic amines is 4. The second-order valence-electron chi connectivity index (χ2n) is 5.45. The summed E-state index contributed by atoms with van der Waals surface area (Å²) in [6.07, 6.45) is 16.4. The molecule has 0 atom stereocenters. The third-order valence-corrected chi connectivity index (χ3v) is 3.17. The highest BCUT2D eigenvalue weighted by Gasteiger charge is 1.90. The van der Waals surface area contributed by atoms with Gasteiger partial charge in [-0.1, -0.05) is 18.2 Å². The lowest BCUT2D eigenvalue weighted by atomic mass is 10.2. The van der Waals surface area contributed by atoms with Crippen LogP contribution in [-0.2, 0) is 0 Å². The molecular formula is C24H26N4O2. The van der Waals surface area contributed by atoms with E-state index in [0.717, 1.165) is 0 Å². The predicted octanol–water partition coefficient (Wildman–Crippen LogP) is 5.37. The zero-order valence-electron chi connectivity index (χ0n) is 16.5. The molecular weight excluding hydrogens is 376 g/mol. The van der Waals surface area contributed by atoms with Crippen molar-refractivity contribution in [1.82, 2.24) is 19.9 Å². The average molecular weight is 402 g/mol. The minimum Gasteiger partial charge on any atom is -0.368 e. The van der Waals surface area contributed by atoms with E-state index in [2.05, 4.69) is 19.9 Å². The van der Waals surface area contributed by atoms with Crippen molar-refractivity contribution >= 4 is 12.6 Å². The Morgan fingerprint density at radius 1 is 0.433 bits per heavy atom. The summed E-state index contributed by atoms with van der Waals surface area (Å²) < 4.78 is 0. The summed E-state index contributed by atoms with van der Waals surface area (Å²) in [5, 5.41) is 0. The zero-order chi connectivity index (χ0) is 21.5. The SMILES string of the molecule is O=Cc1cccc(C=O)c1.c1cc[nH]c1.c1cc[nH]c1.c1cc[nH]c1.c1cc[nH]c1. The first-order chi connectivity index (χ1) is 14.9. The van der Waals surface area contributed by atoms with Gasteiger partial charge in [0.05, 0.1) is 0 Å². The fraction of sp³-hybridized carbons (Fsp3) is 0. The van der Waals surface area contributed by atoms with Crippen LogP contribution >= 0.6 is 0 Å². The van der Waals surface area contributed by atoms with Crippen LogP contribution in [0, 0.1) is 0 Å². The van der Waals surface area contributed by atoms with E-state index < -0.39 is 0 Å². The number of carbonyl (C=O) groups excluding carboxylic acids is 2. The lowest BCUT2D eigenvalue weighted by molar-refractivity contribution is 0.112. The topological polar surface area (TPSA) is 97.3 Å². The quantitative estimate of drug-likeness (QED) is 0.299. The molecule has 4 N–H and O–H groups in total. The van der Waals surface area contributed by atoms with Crippen molar-refractivity contribution in [2.75, 3.05) is 0 Å². The van der Waals surface area contributed by atoms with Crippen LogP contribution in [0.25, 0.3) is 0 Å². The monoisotopic (exact) mass is 402 g/mol. The van der Waals surface area contributed by atoms with Gasteiger partial charge in [0.15, 0.2) is 0 Å². The Labute approximate surface area is 176 Å². The summed E-state index contributed by atoms with van der Waals surface area (Å²) in [6.45, 7) is 0. The molecule has 154 valence electrons. The number of nitrogens with one attached hydrogen (secondary N) is 4.